The molecule has 0 radical (unpaired) electrons. The molecule has 82 valence electrons. The lowest BCUT2D eigenvalue weighted by atomic mass is 9.61. The highest BCUT2D eigenvalue weighted by atomic mass is 32.2. The molecule has 0 amide bonds. The molecule has 2 rings (SSSR count). The van der Waals surface area contributed by atoms with Crippen molar-refractivity contribution in [1.82, 2.24) is 0 Å². The fraction of sp³-hybridized carbons (Fsp3) is 1.00. The fourth-order valence-corrected chi connectivity index (χ4v) is 4.90. The molecule has 1 aliphatic heterocycles. The van der Waals surface area contributed by atoms with Crippen LogP contribution in [0, 0.1) is 5.41 Å². The van der Waals surface area contributed by atoms with Crippen LogP contribution in [0.4, 0.5) is 0 Å². The molecule has 0 aromatic rings. The van der Waals surface area contributed by atoms with Gasteiger partial charge in [-0.1, -0.05) is 0 Å². The lowest BCUT2D eigenvalue weighted by Gasteiger charge is -2.49. The Morgan fingerprint density at radius 1 is 1.29 bits per heavy atom. The van der Waals surface area contributed by atoms with Crippen LogP contribution in [0.15, 0.2) is 0 Å². The molecule has 5 heteroatoms. The van der Waals surface area contributed by atoms with Crippen molar-refractivity contribution in [1.29, 1.82) is 0 Å². The number of rotatable bonds is 2. The van der Waals surface area contributed by atoms with Gasteiger partial charge >= 0.3 is 0 Å². The fourth-order valence-electron chi connectivity index (χ4n) is 2.68. The quantitative estimate of drug-likeness (QED) is 0.666. The summed E-state index contributed by atoms with van der Waals surface area (Å²) in [6.07, 6.45) is 2.93. The average Bonchev–Trinajstić information content (AvgIpc) is 2.39. The van der Waals surface area contributed by atoms with E-state index in [0.717, 1.165) is 6.42 Å². The Morgan fingerprint density at radius 2 is 1.93 bits per heavy atom. The zero-order chi connectivity index (χ0) is 10.4. The van der Waals surface area contributed by atoms with Gasteiger partial charge in [-0.2, -0.15) is 0 Å². The van der Waals surface area contributed by atoms with Gasteiger partial charge in [0, 0.05) is 12.0 Å². The molecule has 1 atom stereocenters. The molecule has 0 aromatic carbocycles. The van der Waals surface area contributed by atoms with E-state index in [4.69, 9.17) is 5.73 Å². The Bertz CT molecular complexity index is 334. The van der Waals surface area contributed by atoms with Crippen molar-refractivity contribution in [3.8, 4) is 0 Å². The Labute approximate surface area is 84.4 Å². The number of aliphatic hydroxyl groups is 1. The van der Waals surface area contributed by atoms with Crippen LogP contribution in [-0.4, -0.2) is 37.2 Å². The van der Waals surface area contributed by atoms with Crippen LogP contribution in [0.25, 0.3) is 0 Å². The van der Waals surface area contributed by atoms with Gasteiger partial charge in [-0.3, -0.25) is 0 Å². The number of hydrogen-bond donors (Lipinski definition) is 2. The summed E-state index contributed by atoms with van der Waals surface area (Å²) in [7, 11) is -2.97. The molecule has 0 bridgehead atoms. The van der Waals surface area contributed by atoms with Crippen molar-refractivity contribution in [3.05, 3.63) is 0 Å². The van der Waals surface area contributed by atoms with E-state index in [-0.39, 0.29) is 18.1 Å². The summed E-state index contributed by atoms with van der Waals surface area (Å²) in [6.45, 7) is 0.280. The third kappa shape index (κ3) is 1.30. The SMILES string of the molecule is NCC1(C2(O)CCC2)CCS(=O)(=O)C1. The highest BCUT2D eigenvalue weighted by Gasteiger charge is 2.57. The van der Waals surface area contributed by atoms with Gasteiger partial charge in [0.1, 0.15) is 0 Å². The number of sulfone groups is 1. The van der Waals surface area contributed by atoms with Gasteiger partial charge in [0.05, 0.1) is 17.1 Å². The third-order valence-corrected chi connectivity index (χ3v) is 5.76. The lowest BCUT2D eigenvalue weighted by molar-refractivity contribution is -0.125. The van der Waals surface area contributed by atoms with Gasteiger partial charge in [0.15, 0.2) is 9.84 Å². The maximum absolute atomic E-state index is 11.4. The minimum absolute atomic E-state index is 0.0764. The lowest BCUT2D eigenvalue weighted by Crippen LogP contribution is -2.57. The maximum Gasteiger partial charge on any atom is 0.151 e. The van der Waals surface area contributed by atoms with E-state index in [0.29, 0.717) is 19.3 Å². The molecule has 2 fully saturated rings. The minimum atomic E-state index is -2.97. The summed E-state index contributed by atoms with van der Waals surface area (Å²) in [5, 5.41) is 10.2. The van der Waals surface area contributed by atoms with Gasteiger partial charge in [-0.25, -0.2) is 8.42 Å². The van der Waals surface area contributed by atoms with E-state index in [1.807, 2.05) is 0 Å². The largest absolute Gasteiger partial charge is 0.389 e. The van der Waals surface area contributed by atoms with Crippen LogP contribution < -0.4 is 5.73 Å². The molecule has 0 spiro atoms. The number of nitrogens with two attached hydrogens (primary N) is 1. The minimum Gasteiger partial charge on any atom is -0.389 e. The van der Waals surface area contributed by atoms with Crippen LogP contribution >= 0.6 is 0 Å². The van der Waals surface area contributed by atoms with Gasteiger partial charge in [0.2, 0.25) is 0 Å². The normalized spacial score (nSPS) is 39.3. The van der Waals surface area contributed by atoms with Crippen LogP contribution in [0.5, 0.6) is 0 Å². The third-order valence-electron chi connectivity index (χ3n) is 3.95. The highest BCUT2D eigenvalue weighted by molar-refractivity contribution is 7.91. The molecule has 1 aliphatic carbocycles. The maximum atomic E-state index is 11.4. The van der Waals surface area contributed by atoms with Crippen molar-refractivity contribution in [2.45, 2.75) is 31.3 Å². The summed E-state index contributed by atoms with van der Waals surface area (Å²) >= 11 is 0. The van der Waals surface area contributed by atoms with Gasteiger partial charge < -0.3 is 10.8 Å². The summed E-state index contributed by atoms with van der Waals surface area (Å²) < 4.78 is 22.9. The smallest absolute Gasteiger partial charge is 0.151 e. The van der Waals surface area contributed by atoms with E-state index in [1.165, 1.54) is 0 Å². The van der Waals surface area contributed by atoms with Gasteiger partial charge in [-0.05, 0) is 25.7 Å². The first-order valence-corrected chi connectivity index (χ1v) is 6.88. The Hall–Kier alpha value is -0.130. The first-order valence-electron chi connectivity index (χ1n) is 5.06. The molecule has 2 aliphatic rings. The second-order valence-electron chi connectivity index (χ2n) is 4.71. The van der Waals surface area contributed by atoms with Crippen molar-refractivity contribution >= 4 is 9.84 Å². The molecule has 0 aromatic heterocycles. The Balaban J connectivity index is 2.28. The molecule has 1 heterocycles. The van der Waals surface area contributed by atoms with Crippen molar-refractivity contribution in [2.24, 2.45) is 11.1 Å². The zero-order valence-electron chi connectivity index (χ0n) is 8.20. The highest BCUT2D eigenvalue weighted by Crippen LogP contribution is 2.51. The molecule has 1 saturated heterocycles. The molecular weight excluding hydrogens is 202 g/mol. The van der Waals surface area contributed by atoms with Crippen LogP contribution in [0.1, 0.15) is 25.7 Å². The molecular formula is C9H17NO3S. The summed E-state index contributed by atoms with van der Waals surface area (Å²) in [4.78, 5) is 0. The monoisotopic (exact) mass is 219 g/mol. The van der Waals surface area contributed by atoms with E-state index < -0.39 is 20.9 Å². The van der Waals surface area contributed by atoms with Crippen LogP contribution in [-0.2, 0) is 9.84 Å². The molecule has 3 N–H and O–H groups in total. The van der Waals surface area contributed by atoms with Crippen molar-refractivity contribution in [2.75, 3.05) is 18.1 Å². The molecule has 14 heavy (non-hydrogen) atoms. The molecule has 1 saturated carbocycles. The van der Waals surface area contributed by atoms with E-state index in [1.54, 1.807) is 0 Å². The van der Waals surface area contributed by atoms with Crippen LogP contribution in [0.3, 0.4) is 0 Å². The van der Waals surface area contributed by atoms with E-state index in [2.05, 4.69) is 0 Å². The van der Waals surface area contributed by atoms with Gasteiger partial charge in [0.25, 0.3) is 0 Å². The summed E-state index contributed by atoms with van der Waals surface area (Å²) in [6, 6.07) is 0. The Kier molecular flexibility index (Phi) is 2.18. The number of hydrogen-bond acceptors (Lipinski definition) is 4. The molecule has 1 unspecified atom stereocenters. The molecule has 4 nitrogen and oxygen atoms in total. The van der Waals surface area contributed by atoms with Crippen molar-refractivity contribution in [3.63, 3.8) is 0 Å². The first kappa shape index (κ1) is 10.4. The van der Waals surface area contributed by atoms with E-state index >= 15 is 0 Å². The summed E-state index contributed by atoms with van der Waals surface area (Å²) in [5.74, 6) is 0.263. The standard InChI is InChI=1S/C9H17NO3S/c10-6-8(9(11)2-1-3-9)4-5-14(12,13)7-8/h11H,1-7,10H2. The summed E-state index contributed by atoms with van der Waals surface area (Å²) in [5.41, 5.74) is 4.31. The topological polar surface area (TPSA) is 80.4 Å². The van der Waals surface area contributed by atoms with E-state index in [9.17, 15) is 13.5 Å². The van der Waals surface area contributed by atoms with Gasteiger partial charge in [-0.15, -0.1) is 0 Å². The second kappa shape index (κ2) is 2.93. The Morgan fingerprint density at radius 3 is 2.21 bits per heavy atom. The predicted octanol–water partition coefficient (Wildman–Crippen LogP) is -0.335. The van der Waals surface area contributed by atoms with Crippen LogP contribution in [0.2, 0.25) is 0 Å². The average molecular weight is 219 g/mol. The predicted molar refractivity (Wildman–Crippen MR) is 53.6 cm³/mol. The second-order valence-corrected chi connectivity index (χ2v) is 6.90. The first-order chi connectivity index (χ1) is 6.43. The van der Waals surface area contributed by atoms with Crippen molar-refractivity contribution < 1.29 is 13.5 Å². The zero-order valence-corrected chi connectivity index (χ0v) is 9.02.